The van der Waals surface area contributed by atoms with Crippen molar-refractivity contribution in [2.75, 3.05) is 6.54 Å². The number of benzene rings is 1. The third kappa shape index (κ3) is 2.54. The van der Waals surface area contributed by atoms with Gasteiger partial charge in [0.1, 0.15) is 0 Å². The quantitative estimate of drug-likeness (QED) is 0.897. The summed E-state index contributed by atoms with van der Waals surface area (Å²) >= 11 is 0. The van der Waals surface area contributed by atoms with Crippen LogP contribution in [0.4, 0.5) is 0 Å². The second kappa shape index (κ2) is 5.13. The number of nitrogens with zero attached hydrogens (tertiary/aromatic N) is 2. The Morgan fingerprint density at radius 2 is 2.11 bits per heavy atom. The van der Waals surface area contributed by atoms with Gasteiger partial charge in [0.2, 0.25) is 11.7 Å². The molecule has 1 aliphatic rings. The van der Waals surface area contributed by atoms with Crippen LogP contribution in [0.25, 0.3) is 11.4 Å². The summed E-state index contributed by atoms with van der Waals surface area (Å²) in [5.74, 6) is 1.40. The van der Waals surface area contributed by atoms with Gasteiger partial charge in [-0.05, 0) is 50.4 Å². The minimum atomic E-state index is 0.224. The zero-order chi connectivity index (χ0) is 13.2. The topological polar surface area (TPSA) is 51.0 Å². The molecule has 1 fully saturated rings. The van der Waals surface area contributed by atoms with E-state index in [1.54, 1.807) is 0 Å². The minimum absolute atomic E-state index is 0.224. The van der Waals surface area contributed by atoms with Gasteiger partial charge in [0.25, 0.3) is 0 Å². The summed E-state index contributed by atoms with van der Waals surface area (Å²) in [5, 5.41) is 7.53. The van der Waals surface area contributed by atoms with E-state index in [9.17, 15) is 0 Å². The van der Waals surface area contributed by atoms with Gasteiger partial charge < -0.3 is 9.84 Å². The van der Waals surface area contributed by atoms with E-state index in [0.29, 0.717) is 11.7 Å². The lowest BCUT2D eigenvalue weighted by molar-refractivity contribution is 0.297. The highest BCUT2D eigenvalue weighted by atomic mass is 16.5. The second-order valence-electron chi connectivity index (χ2n) is 5.26. The van der Waals surface area contributed by atoms with Crippen molar-refractivity contribution in [3.8, 4) is 11.4 Å². The van der Waals surface area contributed by atoms with Crippen molar-refractivity contribution < 1.29 is 4.52 Å². The maximum atomic E-state index is 5.41. The van der Waals surface area contributed by atoms with E-state index in [4.69, 9.17) is 4.52 Å². The van der Waals surface area contributed by atoms with Gasteiger partial charge in [-0.3, -0.25) is 0 Å². The number of rotatable bonds is 2. The van der Waals surface area contributed by atoms with Crippen LogP contribution in [0.2, 0.25) is 0 Å². The van der Waals surface area contributed by atoms with Crippen LogP contribution >= 0.6 is 0 Å². The lowest BCUT2D eigenvalue weighted by Crippen LogP contribution is -2.26. The van der Waals surface area contributed by atoms with Crippen molar-refractivity contribution in [1.82, 2.24) is 15.5 Å². The van der Waals surface area contributed by atoms with E-state index in [1.165, 1.54) is 24.0 Å². The third-order valence-electron chi connectivity index (χ3n) is 3.82. The molecule has 0 saturated carbocycles. The number of piperidine rings is 1. The Labute approximate surface area is 113 Å². The predicted octanol–water partition coefficient (Wildman–Crippen LogP) is 3.17. The van der Waals surface area contributed by atoms with Crippen LogP contribution < -0.4 is 5.32 Å². The van der Waals surface area contributed by atoms with Crippen molar-refractivity contribution in [1.29, 1.82) is 0 Å². The fourth-order valence-corrected chi connectivity index (χ4v) is 2.44. The van der Waals surface area contributed by atoms with Crippen LogP contribution in [0.15, 0.2) is 22.7 Å². The van der Waals surface area contributed by atoms with E-state index in [-0.39, 0.29) is 6.04 Å². The zero-order valence-corrected chi connectivity index (χ0v) is 11.4. The molecule has 1 N–H and O–H groups in total. The number of aryl methyl sites for hydroxylation is 2. The summed E-state index contributed by atoms with van der Waals surface area (Å²) in [6, 6.07) is 6.48. The first-order valence-corrected chi connectivity index (χ1v) is 6.88. The molecule has 1 unspecified atom stereocenters. The Balaban J connectivity index is 1.85. The van der Waals surface area contributed by atoms with Crippen LogP contribution in [-0.2, 0) is 0 Å². The Morgan fingerprint density at radius 3 is 2.84 bits per heavy atom. The van der Waals surface area contributed by atoms with Crippen molar-refractivity contribution in [2.45, 2.75) is 39.2 Å². The average molecular weight is 257 g/mol. The molecule has 0 spiro atoms. The Kier molecular flexibility index (Phi) is 3.34. The molecule has 2 heterocycles. The van der Waals surface area contributed by atoms with Crippen LogP contribution in [0.1, 0.15) is 42.3 Å². The molecule has 4 heteroatoms. The standard InChI is InChI=1S/C15H19N3O/c1-10-6-7-12(9-11(10)2)14-17-15(19-18-14)13-5-3-4-8-16-13/h6-7,9,13,16H,3-5,8H2,1-2H3. The lowest BCUT2D eigenvalue weighted by atomic mass is 10.0. The van der Waals surface area contributed by atoms with Crippen molar-refractivity contribution in [3.05, 3.63) is 35.2 Å². The van der Waals surface area contributed by atoms with Crippen molar-refractivity contribution >= 4 is 0 Å². The van der Waals surface area contributed by atoms with E-state index in [0.717, 1.165) is 18.5 Å². The molecule has 0 aliphatic carbocycles. The molecule has 4 nitrogen and oxygen atoms in total. The summed E-state index contributed by atoms with van der Waals surface area (Å²) in [7, 11) is 0. The van der Waals surface area contributed by atoms with Gasteiger partial charge in [0.15, 0.2) is 0 Å². The smallest absolute Gasteiger partial charge is 0.244 e. The SMILES string of the molecule is Cc1ccc(-c2noc(C3CCCCN3)n2)cc1C. The van der Waals surface area contributed by atoms with Gasteiger partial charge >= 0.3 is 0 Å². The number of hydrogen-bond donors (Lipinski definition) is 1. The van der Waals surface area contributed by atoms with E-state index in [1.807, 2.05) is 6.07 Å². The highest BCUT2D eigenvalue weighted by Gasteiger charge is 2.21. The molecule has 1 atom stereocenters. The Morgan fingerprint density at radius 1 is 1.21 bits per heavy atom. The lowest BCUT2D eigenvalue weighted by Gasteiger charge is -2.19. The first kappa shape index (κ1) is 12.4. The molecule has 1 saturated heterocycles. The highest BCUT2D eigenvalue weighted by molar-refractivity contribution is 5.56. The predicted molar refractivity (Wildman–Crippen MR) is 73.8 cm³/mol. The van der Waals surface area contributed by atoms with Crippen molar-refractivity contribution in [2.24, 2.45) is 0 Å². The van der Waals surface area contributed by atoms with Crippen LogP contribution in [0.3, 0.4) is 0 Å². The number of hydrogen-bond acceptors (Lipinski definition) is 4. The first-order valence-electron chi connectivity index (χ1n) is 6.88. The third-order valence-corrected chi connectivity index (χ3v) is 3.82. The normalized spacial score (nSPS) is 19.6. The molecular formula is C15H19N3O. The number of nitrogens with one attached hydrogen (secondary N) is 1. The average Bonchev–Trinajstić information content (AvgIpc) is 2.93. The Hall–Kier alpha value is -1.68. The van der Waals surface area contributed by atoms with Gasteiger partial charge in [0.05, 0.1) is 6.04 Å². The molecule has 2 aromatic rings. The van der Waals surface area contributed by atoms with E-state index in [2.05, 4.69) is 41.4 Å². The largest absolute Gasteiger partial charge is 0.337 e. The fraction of sp³-hybridized carbons (Fsp3) is 0.467. The summed E-state index contributed by atoms with van der Waals surface area (Å²) in [4.78, 5) is 4.53. The molecule has 3 rings (SSSR count). The first-order chi connectivity index (χ1) is 9.24. The monoisotopic (exact) mass is 257 g/mol. The molecule has 19 heavy (non-hydrogen) atoms. The zero-order valence-electron chi connectivity index (χ0n) is 11.4. The van der Waals surface area contributed by atoms with Crippen LogP contribution in [0, 0.1) is 13.8 Å². The molecule has 100 valence electrons. The molecular weight excluding hydrogens is 238 g/mol. The molecule has 1 aromatic heterocycles. The van der Waals surface area contributed by atoms with E-state index < -0.39 is 0 Å². The van der Waals surface area contributed by atoms with Gasteiger partial charge in [-0.15, -0.1) is 0 Å². The molecule has 1 aromatic carbocycles. The van der Waals surface area contributed by atoms with Gasteiger partial charge in [-0.2, -0.15) is 4.98 Å². The molecule has 0 amide bonds. The fourth-order valence-electron chi connectivity index (χ4n) is 2.44. The van der Waals surface area contributed by atoms with Gasteiger partial charge in [-0.1, -0.05) is 23.7 Å². The summed E-state index contributed by atoms with van der Waals surface area (Å²) in [5.41, 5.74) is 3.55. The van der Waals surface area contributed by atoms with Crippen LogP contribution in [-0.4, -0.2) is 16.7 Å². The van der Waals surface area contributed by atoms with E-state index >= 15 is 0 Å². The number of aromatic nitrogens is 2. The maximum Gasteiger partial charge on any atom is 0.244 e. The molecule has 1 aliphatic heterocycles. The Bertz CT molecular complexity index is 571. The summed E-state index contributed by atoms with van der Waals surface area (Å²) < 4.78 is 5.41. The van der Waals surface area contributed by atoms with Crippen LogP contribution in [0.5, 0.6) is 0 Å². The molecule has 0 radical (unpaired) electrons. The molecule has 0 bridgehead atoms. The van der Waals surface area contributed by atoms with Gasteiger partial charge in [-0.25, -0.2) is 0 Å². The summed E-state index contributed by atoms with van der Waals surface area (Å²) in [6.07, 6.45) is 3.53. The maximum absolute atomic E-state index is 5.41. The van der Waals surface area contributed by atoms with Crippen molar-refractivity contribution in [3.63, 3.8) is 0 Å². The highest BCUT2D eigenvalue weighted by Crippen LogP contribution is 2.25. The van der Waals surface area contributed by atoms with Gasteiger partial charge in [0, 0.05) is 5.56 Å². The second-order valence-corrected chi connectivity index (χ2v) is 5.26. The summed E-state index contributed by atoms with van der Waals surface area (Å²) in [6.45, 7) is 5.24. The minimum Gasteiger partial charge on any atom is -0.337 e.